The Morgan fingerprint density at radius 1 is 1.12 bits per heavy atom. The second-order valence-electron chi connectivity index (χ2n) is 4.37. The molecule has 0 saturated carbocycles. The SMILES string of the molecule is CC(C)CC[C@@H](N)c1cc(F)cc(F)c1F. The second kappa shape index (κ2) is 5.34. The molecule has 0 unspecified atom stereocenters. The summed E-state index contributed by atoms with van der Waals surface area (Å²) in [6.45, 7) is 4.02. The van der Waals surface area contributed by atoms with E-state index in [-0.39, 0.29) is 5.56 Å². The average Bonchev–Trinajstić information content (AvgIpc) is 2.19. The molecule has 0 heterocycles. The molecule has 0 amide bonds. The molecule has 0 aromatic heterocycles. The summed E-state index contributed by atoms with van der Waals surface area (Å²) in [6, 6.07) is 0.824. The van der Waals surface area contributed by atoms with Crippen molar-refractivity contribution in [3.05, 3.63) is 35.1 Å². The molecule has 0 saturated heterocycles. The van der Waals surface area contributed by atoms with Crippen LogP contribution in [0.15, 0.2) is 12.1 Å². The van der Waals surface area contributed by atoms with E-state index in [4.69, 9.17) is 5.73 Å². The standard InChI is InChI=1S/C12H16F3N/c1-7(2)3-4-11(16)9-5-8(13)6-10(14)12(9)15/h5-7,11H,3-4,16H2,1-2H3/t11-/m1/s1. The van der Waals surface area contributed by atoms with Gasteiger partial charge in [-0.1, -0.05) is 13.8 Å². The summed E-state index contributed by atoms with van der Waals surface area (Å²) in [6.07, 6.45) is 1.30. The Morgan fingerprint density at radius 3 is 2.31 bits per heavy atom. The van der Waals surface area contributed by atoms with Gasteiger partial charge in [0.15, 0.2) is 11.6 Å². The molecule has 0 radical (unpaired) electrons. The van der Waals surface area contributed by atoms with Crippen LogP contribution in [0.4, 0.5) is 13.2 Å². The molecule has 0 spiro atoms. The number of halogens is 3. The van der Waals surface area contributed by atoms with Crippen LogP contribution < -0.4 is 5.73 Å². The first-order chi connectivity index (χ1) is 7.41. The minimum Gasteiger partial charge on any atom is -0.324 e. The lowest BCUT2D eigenvalue weighted by Gasteiger charge is -2.14. The molecular formula is C12H16F3N. The Bertz CT molecular complexity index is 364. The van der Waals surface area contributed by atoms with Crippen LogP contribution in [0.25, 0.3) is 0 Å². The first-order valence-electron chi connectivity index (χ1n) is 5.31. The van der Waals surface area contributed by atoms with E-state index >= 15 is 0 Å². The highest BCUT2D eigenvalue weighted by Crippen LogP contribution is 2.23. The molecule has 0 aliphatic heterocycles. The van der Waals surface area contributed by atoms with E-state index in [0.29, 0.717) is 18.4 Å². The third-order valence-electron chi connectivity index (χ3n) is 2.48. The molecule has 4 heteroatoms. The molecule has 0 aliphatic carbocycles. The van der Waals surface area contributed by atoms with Crippen molar-refractivity contribution in [3.8, 4) is 0 Å². The lowest BCUT2D eigenvalue weighted by atomic mass is 9.98. The van der Waals surface area contributed by atoms with Crippen molar-refractivity contribution in [1.29, 1.82) is 0 Å². The van der Waals surface area contributed by atoms with Gasteiger partial charge in [0.1, 0.15) is 5.82 Å². The smallest absolute Gasteiger partial charge is 0.163 e. The lowest BCUT2D eigenvalue weighted by molar-refractivity contribution is 0.454. The Labute approximate surface area is 93.5 Å². The van der Waals surface area contributed by atoms with Gasteiger partial charge in [-0.25, -0.2) is 13.2 Å². The van der Waals surface area contributed by atoms with Crippen LogP contribution in [-0.4, -0.2) is 0 Å². The van der Waals surface area contributed by atoms with E-state index < -0.39 is 23.5 Å². The van der Waals surface area contributed by atoms with Gasteiger partial charge in [0.05, 0.1) is 0 Å². The second-order valence-corrected chi connectivity index (χ2v) is 4.37. The first kappa shape index (κ1) is 13.0. The molecule has 2 N–H and O–H groups in total. The highest BCUT2D eigenvalue weighted by molar-refractivity contribution is 5.23. The number of benzene rings is 1. The summed E-state index contributed by atoms with van der Waals surface area (Å²) in [5.74, 6) is -2.60. The molecule has 0 bridgehead atoms. The summed E-state index contributed by atoms with van der Waals surface area (Å²) < 4.78 is 39.2. The highest BCUT2D eigenvalue weighted by atomic mass is 19.2. The zero-order valence-corrected chi connectivity index (χ0v) is 9.43. The molecule has 1 rings (SSSR count). The van der Waals surface area contributed by atoms with Gasteiger partial charge in [-0.2, -0.15) is 0 Å². The molecule has 0 aliphatic rings. The Morgan fingerprint density at radius 2 is 1.75 bits per heavy atom. The molecule has 1 nitrogen and oxygen atoms in total. The number of nitrogens with two attached hydrogens (primary N) is 1. The number of hydrogen-bond donors (Lipinski definition) is 1. The maximum Gasteiger partial charge on any atom is 0.163 e. The molecule has 0 fully saturated rings. The lowest BCUT2D eigenvalue weighted by Crippen LogP contribution is -2.14. The minimum absolute atomic E-state index is 0.0850. The fraction of sp³-hybridized carbons (Fsp3) is 0.500. The predicted molar refractivity (Wildman–Crippen MR) is 57.3 cm³/mol. The summed E-state index contributed by atoms with van der Waals surface area (Å²) in [4.78, 5) is 0. The molecule has 1 atom stereocenters. The zero-order valence-electron chi connectivity index (χ0n) is 9.43. The van der Waals surface area contributed by atoms with Crippen molar-refractivity contribution in [2.24, 2.45) is 11.7 Å². The van der Waals surface area contributed by atoms with E-state index in [1.165, 1.54) is 0 Å². The van der Waals surface area contributed by atoms with Gasteiger partial charge in [0, 0.05) is 17.7 Å². The summed E-state index contributed by atoms with van der Waals surface area (Å²) in [7, 11) is 0. The van der Waals surface area contributed by atoms with Gasteiger partial charge in [0.2, 0.25) is 0 Å². The fourth-order valence-corrected chi connectivity index (χ4v) is 1.51. The molecule has 1 aromatic rings. The molecule has 16 heavy (non-hydrogen) atoms. The molecule has 1 aromatic carbocycles. The Hall–Kier alpha value is -1.03. The van der Waals surface area contributed by atoms with Crippen molar-refractivity contribution in [1.82, 2.24) is 0 Å². The van der Waals surface area contributed by atoms with E-state index in [2.05, 4.69) is 0 Å². The average molecular weight is 231 g/mol. The van der Waals surface area contributed by atoms with E-state index in [1.807, 2.05) is 13.8 Å². The zero-order chi connectivity index (χ0) is 12.3. The molecular weight excluding hydrogens is 215 g/mol. The van der Waals surface area contributed by atoms with Crippen LogP contribution >= 0.6 is 0 Å². The van der Waals surface area contributed by atoms with Gasteiger partial charge >= 0.3 is 0 Å². The minimum atomic E-state index is -1.19. The highest BCUT2D eigenvalue weighted by Gasteiger charge is 2.17. The van der Waals surface area contributed by atoms with Crippen LogP contribution in [0.2, 0.25) is 0 Å². The third kappa shape index (κ3) is 3.23. The number of rotatable bonds is 4. The van der Waals surface area contributed by atoms with E-state index in [1.54, 1.807) is 0 Å². The van der Waals surface area contributed by atoms with Crippen molar-refractivity contribution in [3.63, 3.8) is 0 Å². The van der Waals surface area contributed by atoms with Crippen molar-refractivity contribution in [2.45, 2.75) is 32.7 Å². The maximum atomic E-state index is 13.3. The van der Waals surface area contributed by atoms with Crippen molar-refractivity contribution < 1.29 is 13.2 Å². The van der Waals surface area contributed by atoms with Crippen LogP contribution in [0.5, 0.6) is 0 Å². The van der Waals surface area contributed by atoms with Crippen LogP contribution in [0, 0.1) is 23.4 Å². The van der Waals surface area contributed by atoms with E-state index in [0.717, 1.165) is 12.5 Å². The maximum absolute atomic E-state index is 13.3. The fourth-order valence-electron chi connectivity index (χ4n) is 1.51. The van der Waals surface area contributed by atoms with Gasteiger partial charge in [0.25, 0.3) is 0 Å². The Balaban J connectivity index is 2.86. The normalized spacial score (nSPS) is 13.2. The van der Waals surface area contributed by atoms with Crippen molar-refractivity contribution >= 4 is 0 Å². The van der Waals surface area contributed by atoms with Crippen LogP contribution in [0.3, 0.4) is 0 Å². The number of hydrogen-bond acceptors (Lipinski definition) is 1. The predicted octanol–water partition coefficient (Wildman–Crippen LogP) is 3.54. The van der Waals surface area contributed by atoms with Crippen molar-refractivity contribution in [2.75, 3.05) is 0 Å². The van der Waals surface area contributed by atoms with E-state index in [9.17, 15) is 13.2 Å². The van der Waals surface area contributed by atoms with Gasteiger partial charge < -0.3 is 5.73 Å². The largest absolute Gasteiger partial charge is 0.324 e. The monoisotopic (exact) mass is 231 g/mol. The topological polar surface area (TPSA) is 26.0 Å². The van der Waals surface area contributed by atoms with Gasteiger partial charge in [-0.05, 0) is 24.8 Å². The van der Waals surface area contributed by atoms with Crippen LogP contribution in [-0.2, 0) is 0 Å². The molecule has 90 valence electrons. The summed E-state index contributed by atoms with van der Waals surface area (Å²) >= 11 is 0. The van der Waals surface area contributed by atoms with Gasteiger partial charge in [-0.3, -0.25) is 0 Å². The van der Waals surface area contributed by atoms with Gasteiger partial charge in [-0.15, -0.1) is 0 Å². The first-order valence-corrected chi connectivity index (χ1v) is 5.31. The summed E-state index contributed by atoms with van der Waals surface area (Å²) in [5.41, 5.74) is 5.62. The Kier molecular flexibility index (Phi) is 4.35. The quantitative estimate of drug-likeness (QED) is 0.788. The summed E-state index contributed by atoms with van der Waals surface area (Å²) in [5, 5.41) is 0. The van der Waals surface area contributed by atoms with Crippen LogP contribution in [0.1, 0.15) is 38.3 Å². The third-order valence-corrected chi connectivity index (χ3v) is 2.48.